The van der Waals surface area contributed by atoms with Crippen LogP contribution in [0.1, 0.15) is 5.56 Å². The number of nitrogens with zero attached hydrogens (tertiary/aromatic N) is 1. The van der Waals surface area contributed by atoms with Crippen LogP contribution >= 0.6 is 39.9 Å². The van der Waals surface area contributed by atoms with Gasteiger partial charge >= 0.3 is 0 Å². The minimum absolute atomic E-state index is 0.158. The number of benzene rings is 1. The minimum atomic E-state index is 0.158. The highest BCUT2D eigenvalue weighted by Gasteiger charge is 1.98. The molecule has 3 N–H and O–H groups in total. The molecule has 0 spiro atoms. The lowest BCUT2D eigenvalue weighted by Crippen LogP contribution is -2.23. The summed E-state index contributed by atoms with van der Waals surface area (Å²) in [6.45, 7) is 0. The molecule has 0 aliphatic heterocycles. The topological polar surface area (TPSA) is 50.4 Å². The summed E-state index contributed by atoms with van der Waals surface area (Å²) in [5.74, 6) is 0. The van der Waals surface area contributed by atoms with E-state index in [0.29, 0.717) is 0 Å². The molecule has 0 saturated heterocycles. The third-order valence-electron chi connectivity index (χ3n) is 1.56. The number of hydrogen-bond donors (Lipinski definition) is 2. The summed E-state index contributed by atoms with van der Waals surface area (Å²) in [4.78, 5) is 1.19. The van der Waals surface area contributed by atoms with Gasteiger partial charge in [-0.05, 0) is 52.1 Å². The Morgan fingerprint density at radius 3 is 2.93 bits per heavy atom. The van der Waals surface area contributed by atoms with Crippen molar-refractivity contribution in [2.45, 2.75) is 4.90 Å². The first-order valence-corrected chi connectivity index (χ1v) is 6.48. The zero-order chi connectivity index (χ0) is 11.3. The fourth-order valence-corrected chi connectivity index (χ4v) is 2.33. The summed E-state index contributed by atoms with van der Waals surface area (Å²) < 4.78 is 1.05. The number of thiocarbonyl (C=S) groups is 1. The third kappa shape index (κ3) is 4.19. The number of nitrogens with two attached hydrogens (primary N) is 1. The Bertz CT molecular complexity index is 393. The van der Waals surface area contributed by atoms with Gasteiger partial charge in [0.05, 0.1) is 6.21 Å². The molecule has 1 aromatic rings. The normalized spacial score (nSPS) is 10.5. The molecule has 0 aliphatic carbocycles. The highest BCUT2D eigenvalue weighted by Crippen LogP contribution is 2.25. The number of halogens is 1. The maximum atomic E-state index is 5.23. The highest BCUT2D eigenvalue weighted by molar-refractivity contribution is 9.10. The summed E-state index contributed by atoms with van der Waals surface area (Å²) >= 11 is 9.78. The van der Waals surface area contributed by atoms with Crippen LogP contribution in [-0.4, -0.2) is 17.6 Å². The van der Waals surface area contributed by atoms with E-state index >= 15 is 0 Å². The Hall–Kier alpha value is -0.590. The summed E-state index contributed by atoms with van der Waals surface area (Å²) in [7, 11) is 0. The average Bonchev–Trinajstić information content (AvgIpc) is 2.17. The highest BCUT2D eigenvalue weighted by atomic mass is 79.9. The Morgan fingerprint density at radius 2 is 2.40 bits per heavy atom. The zero-order valence-electron chi connectivity index (χ0n) is 8.03. The average molecular weight is 304 g/mol. The summed E-state index contributed by atoms with van der Waals surface area (Å²) in [6, 6.07) is 5.98. The molecule has 0 radical (unpaired) electrons. The van der Waals surface area contributed by atoms with Crippen LogP contribution in [0, 0.1) is 0 Å². The number of rotatable bonds is 3. The van der Waals surface area contributed by atoms with Gasteiger partial charge < -0.3 is 5.73 Å². The van der Waals surface area contributed by atoms with Gasteiger partial charge in [0, 0.05) is 9.37 Å². The maximum absolute atomic E-state index is 5.23. The first-order valence-electron chi connectivity index (χ1n) is 4.05. The van der Waals surface area contributed by atoms with E-state index in [-0.39, 0.29) is 5.11 Å². The van der Waals surface area contributed by atoms with Crippen LogP contribution in [0.3, 0.4) is 0 Å². The van der Waals surface area contributed by atoms with Crippen LogP contribution < -0.4 is 11.2 Å². The van der Waals surface area contributed by atoms with Crippen molar-refractivity contribution in [3.8, 4) is 0 Å². The van der Waals surface area contributed by atoms with Gasteiger partial charge in [-0.3, -0.25) is 5.43 Å². The number of hydrazone groups is 1. The van der Waals surface area contributed by atoms with Crippen molar-refractivity contribution in [1.29, 1.82) is 0 Å². The van der Waals surface area contributed by atoms with Gasteiger partial charge in [0.2, 0.25) is 0 Å². The molecule has 3 nitrogen and oxygen atoms in total. The molecule has 0 saturated carbocycles. The second-order valence-electron chi connectivity index (χ2n) is 2.63. The van der Waals surface area contributed by atoms with Gasteiger partial charge in [0.15, 0.2) is 5.11 Å². The van der Waals surface area contributed by atoms with Gasteiger partial charge in [-0.2, -0.15) is 5.10 Å². The fourth-order valence-electron chi connectivity index (χ4n) is 0.933. The maximum Gasteiger partial charge on any atom is 0.184 e. The van der Waals surface area contributed by atoms with Gasteiger partial charge in [-0.1, -0.05) is 6.07 Å². The van der Waals surface area contributed by atoms with E-state index in [4.69, 9.17) is 5.73 Å². The molecule has 0 bridgehead atoms. The molecular weight excluding hydrogens is 294 g/mol. The largest absolute Gasteiger partial charge is 0.375 e. The lowest BCUT2D eigenvalue weighted by atomic mass is 10.2. The molecule has 80 valence electrons. The van der Waals surface area contributed by atoms with Gasteiger partial charge in [-0.15, -0.1) is 11.8 Å². The van der Waals surface area contributed by atoms with Crippen molar-refractivity contribution in [3.63, 3.8) is 0 Å². The van der Waals surface area contributed by atoms with Crippen molar-refractivity contribution in [1.82, 2.24) is 5.43 Å². The second kappa shape index (κ2) is 6.09. The standard InChI is InChI=1S/C9H10BrN3S2/c1-15-8-3-2-6(4-7(8)10)5-12-13-9(11)14/h2-5H,1H3,(H3,11,13,14). The van der Waals surface area contributed by atoms with E-state index in [1.165, 1.54) is 4.90 Å². The van der Waals surface area contributed by atoms with Gasteiger partial charge in [-0.25, -0.2) is 0 Å². The molecule has 1 aromatic carbocycles. The van der Waals surface area contributed by atoms with Crippen LogP contribution in [0.2, 0.25) is 0 Å². The smallest absolute Gasteiger partial charge is 0.184 e. The van der Waals surface area contributed by atoms with E-state index < -0.39 is 0 Å². The molecule has 15 heavy (non-hydrogen) atoms. The molecule has 0 amide bonds. The Balaban J connectivity index is 2.75. The molecule has 0 heterocycles. The summed E-state index contributed by atoms with van der Waals surface area (Å²) in [6.07, 6.45) is 3.69. The predicted octanol–water partition coefficient (Wildman–Crippen LogP) is 2.34. The molecular formula is C9H10BrN3S2. The van der Waals surface area contributed by atoms with Crippen molar-refractivity contribution in [2.75, 3.05) is 6.26 Å². The molecule has 6 heteroatoms. The number of thioether (sulfide) groups is 1. The quantitative estimate of drug-likeness (QED) is 0.389. The van der Waals surface area contributed by atoms with Gasteiger partial charge in [0.1, 0.15) is 0 Å². The second-order valence-corrected chi connectivity index (χ2v) is 4.77. The minimum Gasteiger partial charge on any atom is -0.375 e. The van der Waals surface area contributed by atoms with Gasteiger partial charge in [0.25, 0.3) is 0 Å². The van der Waals surface area contributed by atoms with Crippen molar-refractivity contribution >= 4 is 51.2 Å². The zero-order valence-corrected chi connectivity index (χ0v) is 11.2. The molecule has 0 aromatic heterocycles. The molecule has 0 aliphatic rings. The third-order valence-corrected chi connectivity index (χ3v) is 3.37. The molecule has 0 unspecified atom stereocenters. The van der Waals surface area contributed by atoms with Crippen LogP contribution in [0.5, 0.6) is 0 Å². The van der Waals surface area contributed by atoms with E-state index in [0.717, 1.165) is 10.0 Å². The van der Waals surface area contributed by atoms with Crippen LogP contribution in [-0.2, 0) is 0 Å². The SMILES string of the molecule is CSc1ccc(C=NNC(N)=S)cc1Br. The van der Waals surface area contributed by atoms with E-state index in [9.17, 15) is 0 Å². The first-order chi connectivity index (χ1) is 7.13. The van der Waals surface area contributed by atoms with Crippen LogP contribution in [0.4, 0.5) is 0 Å². The molecule has 1 rings (SSSR count). The Labute approximate surface area is 107 Å². The lowest BCUT2D eigenvalue weighted by Gasteiger charge is -2.01. The number of hydrogen-bond acceptors (Lipinski definition) is 3. The predicted molar refractivity (Wildman–Crippen MR) is 73.4 cm³/mol. The van der Waals surface area contributed by atoms with Crippen LogP contribution in [0.25, 0.3) is 0 Å². The molecule has 0 fully saturated rings. The summed E-state index contributed by atoms with van der Waals surface area (Å²) in [5, 5.41) is 4.03. The first kappa shape index (κ1) is 12.5. The summed E-state index contributed by atoms with van der Waals surface area (Å²) in [5.41, 5.74) is 8.70. The van der Waals surface area contributed by atoms with Crippen molar-refractivity contribution < 1.29 is 0 Å². The van der Waals surface area contributed by atoms with Crippen molar-refractivity contribution in [2.24, 2.45) is 10.8 Å². The van der Waals surface area contributed by atoms with E-state index in [1.807, 2.05) is 24.5 Å². The van der Waals surface area contributed by atoms with E-state index in [2.05, 4.69) is 38.7 Å². The fraction of sp³-hybridized carbons (Fsp3) is 0.111. The Kier molecular flexibility index (Phi) is 5.07. The number of nitrogens with one attached hydrogen (secondary N) is 1. The lowest BCUT2D eigenvalue weighted by molar-refractivity contribution is 1.04. The van der Waals surface area contributed by atoms with Crippen molar-refractivity contribution in [3.05, 3.63) is 28.2 Å². The monoisotopic (exact) mass is 303 g/mol. The molecule has 0 atom stereocenters. The van der Waals surface area contributed by atoms with Crippen LogP contribution in [0.15, 0.2) is 32.7 Å². The Morgan fingerprint density at radius 1 is 1.67 bits per heavy atom. The van der Waals surface area contributed by atoms with E-state index in [1.54, 1.807) is 18.0 Å².